The third-order valence-electron chi connectivity index (χ3n) is 4.79. The minimum atomic E-state index is -0.690. The Morgan fingerprint density at radius 3 is 2.48 bits per heavy atom. The second-order valence-electron chi connectivity index (χ2n) is 7.37. The Bertz CT molecular complexity index is 1220. The third-order valence-corrected chi connectivity index (χ3v) is 4.79. The van der Waals surface area contributed by atoms with Gasteiger partial charge in [-0.2, -0.15) is 5.10 Å². The molecule has 1 N–H and O–H groups in total. The molecule has 0 bridgehead atoms. The highest BCUT2D eigenvalue weighted by atomic mass is 19.1. The lowest BCUT2D eigenvalue weighted by Gasteiger charge is -2.19. The van der Waals surface area contributed by atoms with E-state index in [-0.39, 0.29) is 12.2 Å². The first-order valence-corrected chi connectivity index (χ1v) is 9.74. The lowest BCUT2D eigenvalue weighted by Crippen LogP contribution is -2.23. The molecule has 2 heterocycles. The maximum atomic E-state index is 13.3. The summed E-state index contributed by atoms with van der Waals surface area (Å²) in [5.74, 6) is -1.13. The summed E-state index contributed by atoms with van der Waals surface area (Å²) in [5, 5.41) is 7.01. The van der Waals surface area contributed by atoms with Gasteiger partial charge in [-0.05, 0) is 30.2 Å². The number of nitrogens with one attached hydrogen (secondary N) is 1. The Labute approximate surface area is 178 Å². The van der Waals surface area contributed by atoms with E-state index in [2.05, 4.69) is 15.4 Å². The van der Waals surface area contributed by atoms with Crippen LogP contribution in [0.3, 0.4) is 0 Å². The van der Waals surface area contributed by atoms with E-state index in [9.17, 15) is 13.6 Å². The quantitative estimate of drug-likeness (QED) is 0.513. The van der Waals surface area contributed by atoms with Gasteiger partial charge in [0.25, 0.3) is 5.91 Å². The molecule has 0 saturated carbocycles. The van der Waals surface area contributed by atoms with Crippen molar-refractivity contribution in [1.82, 2.24) is 19.9 Å². The van der Waals surface area contributed by atoms with E-state index in [0.29, 0.717) is 23.4 Å². The zero-order valence-corrected chi connectivity index (χ0v) is 17.1. The first-order valence-electron chi connectivity index (χ1n) is 9.74. The summed E-state index contributed by atoms with van der Waals surface area (Å²) in [6, 6.07) is 14.8. The molecule has 4 aromatic rings. The van der Waals surface area contributed by atoms with Crippen LogP contribution in [0.4, 0.5) is 14.6 Å². The molecular weight excluding hydrogens is 400 g/mol. The van der Waals surface area contributed by atoms with Crippen molar-refractivity contribution in [2.75, 3.05) is 11.9 Å². The molecular formula is C23H21F2N5O. The minimum absolute atomic E-state index is 0.0145. The molecule has 158 valence electrons. The van der Waals surface area contributed by atoms with E-state index in [0.717, 1.165) is 17.3 Å². The normalized spacial score (nSPS) is 11.0. The standard InChI is InChI=1S/C23H21F2N5O/c1-15-13-30-21(22(27-15)29(2)14-16-6-4-3-5-7-16)11-20(28-30)23(31)26-12-17-8-18(24)10-19(25)9-17/h3-11,13H,12,14H2,1-2H3,(H,26,31). The molecule has 0 atom stereocenters. The SMILES string of the molecule is Cc1cn2nc(C(=O)NCc3cc(F)cc(F)c3)cc2c(N(C)Cc2ccccc2)n1. The number of anilines is 1. The Morgan fingerprint density at radius 1 is 1.06 bits per heavy atom. The van der Waals surface area contributed by atoms with Gasteiger partial charge in [0, 0.05) is 32.3 Å². The smallest absolute Gasteiger partial charge is 0.272 e. The number of carbonyl (C=O) groups excluding carboxylic acids is 1. The molecule has 0 saturated heterocycles. The highest BCUT2D eigenvalue weighted by molar-refractivity contribution is 5.94. The number of carbonyl (C=O) groups is 1. The van der Waals surface area contributed by atoms with E-state index in [1.807, 2.05) is 49.2 Å². The molecule has 0 spiro atoms. The van der Waals surface area contributed by atoms with Gasteiger partial charge in [0.15, 0.2) is 11.5 Å². The Morgan fingerprint density at radius 2 is 1.77 bits per heavy atom. The number of rotatable bonds is 6. The lowest BCUT2D eigenvalue weighted by atomic mass is 10.2. The van der Waals surface area contributed by atoms with Crippen LogP contribution in [0.15, 0.2) is 60.8 Å². The van der Waals surface area contributed by atoms with Crippen LogP contribution in [-0.2, 0) is 13.1 Å². The fraction of sp³-hybridized carbons (Fsp3) is 0.174. The van der Waals surface area contributed by atoms with Gasteiger partial charge in [-0.15, -0.1) is 0 Å². The van der Waals surface area contributed by atoms with Gasteiger partial charge in [-0.25, -0.2) is 18.3 Å². The number of nitrogens with zero attached hydrogens (tertiary/aromatic N) is 4. The van der Waals surface area contributed by atoms with Crippen molar-refractivity contribution in [1.29, 1.82) is 0 Å². The van der Waals surface area contributed by atoms with Crippen molar-refractivity contribution < 1.29 is 13.6 Å². The van der Waals surface area contributed by atoms with E-state index < -0.39 is 17.5 Å². The van der Waals surface area contributed by atoms with Gasteiger partial charge in [-0.1, -0.05) is 30.3 Å². The summed E-state index contributed by atoms with van der Waals surface area (Å²) in [6.45, 7) is 2.49. The summed E-state index contributed by atoms with van der Waals surface area (Å²) in [6.07, 6.45) is 1.74. The fourth-order valence-electron chi connectivity index (χ4n) is 3.40. The topological polar surface area (TPSA) is 62.5 Å². The molecule has 0 fully saturated rings. The third kappa shape index (κ3) is 4.69. The Hall–Kier alpha value is -3.81. The van der Waals surface area contributed by atoms with E-state index in [1.54, 1.807) is 16.8 Å². The second-order valence-corrected chi connectivity index (χ2v) is 7.37. The van der Waals surface area contributed by atoms with Crippen LogP contribution < -0.4 is 10.2 Å². The number of halogens is 2. The van der Waals surface area contributed by atoms with E-state index in [4.69, 9.17) is 0 Å². The number of amides is 1. The van der Waals surface area contributed by atoms with Gasteiger partial charge in [-0.3, -0.25) is 4.79 Å². The predicted molar refractivity (Wildman–Crippen MR) is 114 cm³/mol. The molecule has 8 heteroatoms. The maximum Gasteiger partial charge on any atom is 0.272 e. The van der Waals surface area contributed by atoms with Crippen molar-refractivity contribution in [3.05, 3.63) is 94.9 Å². The molecule has 2 aromatic carbocycles. The number of aryl methyl sites for hydroxylation is 1. The molecule has 1 amide bonds. The molecule has 0 unspecified atom stereocenters. The number of hydrogen-bond acceptors (Lipinski definition) is 4. The lowest BCUT2D eigenvalue weighted by molar-refractivity contribution is 0.0945. The van der Waals surface area contributed by atoms with Crippen LogP contribution in [0, 0.1) is 18.6 Å². The monoisotopic (exact) mass is 421 g/mol. The first kappa shape index (κ1) is 20.5. The van der Waals surface area contributed by atoms with Crippen LogP contribution in [0.1, 0.15) is 27.3 Å². The van der Waals surface area contributed by atoms with Crippen molar-refractivity contribution >= 4 is 17.2 Å². The maximum absolute atomic E-state index is 13.3. The van der Waals surface area contributed by atoms with Gasteiger partial charge in [0.1, 0.15) is 17.2 Å². The zero-order valence-electron chi connectivity index (χ0n) is 17.1. The molecule has 0 aliphatic carbocycles. The first-order chi connectivity index (χ1) is 14.9. The summed E-state index contributed by atoms with van der Waals surface area (Å²) < 4.78 is 28.3. The van der Waals surface area contributed by atoms with Crippen LogP contribution in [0.25, 0.3) is 5.52 Å². The highest BCUT2D eigenvalue weighted by Crippen LogP contribution is 2.22. The Balaban J connectivity index is 1.57. The molecule has 0 aliphatic rings. The molecule has 4 rings (SSSR count). The number of hydrogen-bond donors (Lipinski definition) is 1. The molecule has 6 nitrogen and oxygen atoms in total. The molecule has 0 aliphatic heterocycles. The van der Waals surface area contributed by atoms with Crippen molar-refractivity contribution in [2.45, 2.75) is 20.0 Å². The average Bonchev–Trinajstić information content (AvgIpc) is 3.15. The molecule has 2 aromatic heterocycles. The molecule has 31 heavy (non-hydrogen) atoms. The number of fused-ring (bicyclic) bond motifs is 1. The largest absolute Gasteiger partial charge is 0.354 e. The summed E-state index contributed by atoms with van der Waals surface area (Å²) in [5.41, 5.74) is 3.10. The van der Waals surface area contributed by atoms with Gasteiger partial charge >= 0.3 is 0 Å². The second kappa shape index (κ2) is 8.51. The van der Waals surface area contributed by atoms with Crippen molar-refractivity contribution in [3.8, 4) is 0 Å². The summed E-state index contributed by atoms with van der Waals surface area (Å²) in [4.78, 5) is 19.2. The van der Waals surface area contributed by atoms with Crippen LogP contribution in [-0.4, -0.2) is 27.6 Å². The average molecular weight is 421 g/mol. The van der Waals surface area contributed by atoms with Gasteiger partial charge in [0.05, 0.1) is 11.9 Å². The van der Waals surface area contributed by atoms with Crippen molar-refractivity contribution in [2.24, 2.45) is 0 Å². The van der Waals surface area contributed by atoms with Gasteiger partial charge < -0.3 is 10.2 Å². The number of aromatic nitrogens is 3. The molecule has 0 radical (unpaired) electrons. The van der Waals surface area contributed by atoms with Crippen LogP contribution in [0.2, 0.25) is 0 Å². The van der Waals surface area contributed by atoms with Crippen molar-refractivity contribution in [3.63, 3.8) is 0 Å². The van der Waals surface area contributed by atoms with Crippen LogP contribution >= 0.6 is 0 Å². The number of benzene rings is 2. The predicted octanol–water partition coefficient (Wildman–Crippen LogP) is 3.88. The van der Waals surface area contributed by atoms with E-state index >= 15 is 0 Å². The fourth-order valence-corrected chi connectivity index (χ4v) is 3.40. The summed E-state index contributed by atoms with van der Waals surface area (Å²) >= 11 is 0. The van der Waals surface area contributed by atoms with Gasteiger partial charge in [0.2, 0.25) is 0 Å². The Kier molecular flexibility index (Phi) is 5.62. The van der Waals surface area contributed by atoms with E-state index in [1.165, 1.54) is 12.1 Å². The highest BCUT2D eigenvalue weighted by Gasteiger charge is 2.17. The summed E-state index contributed by atoms with van der Waals surface area (Å²) in [7, 11) is 1.93. The van der Waals surface area contributed by atoms with Crippen LogP contribution in [0.5, 0.6) is 0 Å². The zero-order chi connectivity index (χ0) is 22.0. The minimum Gasteiger partial charge on any atom is -0.354 e.